The summed E-state index contributed by atoms with van der Waals surface area (Å²) in [5.74, 6) is 1.18. The van der Waals surface area contributed by atoms with Crippen molar-refractivity contribution in [3.63, 3.8) is 0 Å². The van der Waals surface area contributed by atoms with Crippen LogP contribution in [-0.4, -0.2) is 73.0 Å². The first-order valence-corrected chi connectivity index (χ1v) is 10.5. The van der Waals surface area contributed by atoms with E-state index in [4.69, 9.17) is 0 Å². The summed E-state index contributed by atoms with van der Waals surface area (Å²) in [6.45, 7) is 11.8. The molecule has 0 aromatic carbocycles. The zero-order chi connectivity index (χ0) is 19.0. The van der Waals surface area contributed by atoms with Gasteiger partial charge in [-0.1, -0.05) is 13.3 Å². The van der Waals surface area contributed by atoms with E-state index in [-0.39, 0.29) is 5.54 Å². The molecule has 1 atom stereocenters. The van der Waals surface area contributed by atoms with E-state index in [1.807, 2.05) is 7.05 Å². The van der Waals surface area contributed by atoms with Gasteiger partial charge in [-0.25, -0.2) is 0 Å². The van der Waals surface area contributed by atoms with Crippen molar-refractivity contribution in [1.82, 2.24) is 20.4 Å². The lowest BCUT2D eigenvalue weighted by Gasteiger charge is -2.41. The third-order valence-electron chi connectivity index (χ3n) is 5.92. The molecule has 26 heavy (non-hydrogen) atoms. The molecular weight excluding hydrogens is 326 g/mol. The molecule has 2 heterocycles. The summed E-state index contributed by atoms with van der Waals surface area (Å²) < 4.78 is 0. The molecule has 0 aromatic rings. The maximum Gasteiger partial charge on any atom is 0.222 e. The van der Waals surface area contributed by atoms with Crippen LogP contribution in [0.4, 0.5) is 0 Å². The van der Waals surface area contributed by atoms with Crippen LogP contribution in [0.3, 0.4) is 0 Å². The molecule has 0 spiro atoms. The Morgan fingerprint density at radius 2 is 1.88 bits per heavy atom. The van der Waals surface area contributed by atoms with Crippen LogP contribution < -0.4 is 10.6 Å². The minimum Gasteiger partial charge on any atom is -0.356 e. The standard InChI is InChI=1S/C20H39N5O/c1-5-17(25-15-9-10-18(25)26)11-12-22-19(21-4)23-16-20(2,3)24-13-7-6-8-14-24/h17H,5-16H2,1-4H3,(H2,21,22,23). The lowest BCUT2D eigenvalue weighted by Crippen LogP contribution is -2.55. The highest BCUT2D eigenvalue weighted by Gasteiger charge is 2.28. The number of carbonyl (C=O) groups excluding carboxylic acids is 1. The van der Waals surface area contributed by atoms with Crippen molar-refractivity contribution in [3.05, 3.63) is 0 Å². The van der Waals surface area contributed by atoms with Crippen molar-refractivity contribution >= 4 is 11.9 Å². The number of hydrogen-bond donors (Lipinski definition) is 2. The van der Waals surface area contributed by atoms with Gasteiger partial charge in [-0.05, 0) is 59.0 Å². The second-order valence-electron chi connectivity index (χ2n) is 8.25. The van der Waals surface area contributed by atoms with E-state index in [1.54, 1.807) is 0 Å². The molecule has 0 saturated carbocycles. The van der Waals surface area contributed by atoms with Crippen molar-refractivity contribution in [3.8, 4) is 0 Å². The fourth-order valence-electron chi connectivity index (χ4n) is 4.12. The molecule has 150 valence electrons. The Balaban J connectivity index is 1.74. The highest BCUT2D eigenvalue weighted by atomic mass is 16.2. The number of piperidine rings is 1. The van der Waals surface area contributed by atoms with Gasteiger partial charge in [0.1, 0.15) is 0 Å². The average molecular weight is 366 g/mol. The third-order valence-corrected chi connectivity index (χ3v) is 5.92. The highest BCUT2D eigenvalue weighted by Crippen LogP contribution is 2.20. The quantitative estimate of drug-likeness (QED) is 0.511. The van der Waals surface area contributed by atoms with E-state index < -0.39 is 0 Å². The van der Waals surface area contributed by atoms with E-state index >= 15 is 0 Å². The van der Waals surface area contributed by atoms with Crippen LogP contribution in [-0.2, 0) is 4.79 Å². The van der Waals surface area contributed by atoms with Gasteiger partial charge in [0, 0.05) is 44.7 Å². The molecule has 1 unspecified atom stereocenters. The van der Waals surface area contributed by atoms with E-state index in [9.17, 15) is 4.79 Å². The minimum atomic E-state index is 0.131. The van der Waals surface area contributed by atoms with Crippen molar-refractivity contribution in [2.45, 2.75) is 77.3 Å². The molecular formula is C20H39N5O. The lowest BCUT2D eigenvalue weighted by atomic mass is 9.98. The van der Waals surface area contributed by atoms with E-state index in [0.29, 0.717) is 11.9 Å². The van der Waals surface area contributed by atoms with Crippen LogP contribution in [0.15, 0.2) is 4.99 Å². The number of rotatable bonds is 8. The molecule has 2 saturated heterocycles. The molecule has 6 heteroatoms. The molecule has 0 aromatic heterocycles. The smallest absolute Gasteiger partial charge is 0.222 e. The summed E-state index contributed by atoms with van der Waals surface area (Å²) in [5, 5.41) is 6.92. The Bertz CT molecular complexity index is 471. The number of aliphatic imine (C=N–C) groups is 1. The van der Waals surface area contributed by atoms with Crippen LogP contribution in [0.2, 0.25) is 0 Å². The number of likely N-dealkylation sites (tertiary alicyclic amines) is 2. The number of carbonyl (C=O) groups is 1. The van der Waals surface area contributed by atoms with Gasteiger partial charge < -0.3 is 15.5 Å². The van der Waals surface area contributed by atoms with Gasteiger partial charge in [0.25, 0.3) is 0 Å². The molecule has 2 rings (SSSR count). The molecule has 0 aliphatic carbocycles. The highest BCUT2D eigenvalue weighted by molar-refractivity contribution is 5.80. The zero-order valence-corrected chi connectivity index (χ0v) is 17.3. The topological polar surface area (TPSA) is 60.0 Å². The predicted molar refractivity (Wildman–Crippen MR) is 109 cm³/mol. The Hall–Kier alpha value is -1.30. The van der Waals surface area contributed by atoms with Gasteiger partial charge in [0.15, 0.2) is 5.96 Å². The summed E-state index contributed by atoms with van der Waals surface area (Å²) in [7, 11) is 1.82. The second kappa shape index (κ2) is 10.1. The largest absolute Gasteiger partial charge is 0.356 e. The molecule has 0 radical (unpaired) electrons. The lowest BCUT2D eigenvalue weighted by molar-refractivity contribution is -0.129. The molecule has 6 nitrogen and oxygen atoms in total. The number of hydrogen-bond acceptors (Lipinski definition) is 3. The first-order valence-electron chi connectivity index (χ1n) is 10.5. The summed E-state index contributed by atoms with van der Waals surface area (Å²) in [6.07, 6.45) is 7.70. The number of nitrogens with one attached hydrogen (secondary N) is 2. The van der Waals surface area contributed by atoms with E-state index in [1.165, 1.54) is 32.4 Å². The first-order chi connectivity index (χ1) is 12.5. The number of guanidine groups is 1. The number of amides is 1. The number of nitrogens with zero attached hydrogens (tertiary/aromatic N) is 3. The Morgan fingerprint density at radius 3 is 2.46 bits per heavy atom. The van der Waals surface area contributed by atoms with E-state index in [2.05, 4.69) is 46.2 Å². The molecule has 2 fully saturated rings. The van der Waals surface area contributed by atoms with Gasteiger partial charge in [0.05, 0.1) is 0 Å². The fourth-order valence-corrected chi connectivity index (χ4v) is 4.12. The Morgan fingerprint density at radius 1 is 1.15 bits per heavy atom. The van der Waals surface area contributed by atoms with Crippen molar-refractivity contribution in [1.29, 1.82) is 0 Å². The summed E-state index contributed by atoms with van der Waals surface area (Å²) in [4.78, 5) is 21.0. The predicted octanol–water partition coefficient (Wildman–Crippen LogP) is 2.21. The molecule has 2 aliphatic heterocycles. The first kappa shape index (κ1) is 21.0. The van der Waals surface area contributed by atoms with Gasteiger partial charge >= 0.3 is 0 Å². The Labute approximate surface area is 159 Å². The van der Waals surface area contributed by atoms with Gasteiger partial charge in [-0.15, -0.1) is 0 Å². The Kier molecular flexibility index (Phi) is 8.19. The summed E-state index contributed by atoms with van der Waals surface area (Å²) >= 11 is 0. The van der Waals surface area contributed by atoms with Crippen molar-refractivity contribution < 1.29 is 4.79 Å². The van der Waals surface area contributed by atoms with Crippen LogP contribution >= 0.6 is 0 Å². The zero-order valence-electron chi connectivity index (χ0n) is 17.3. The maximum absolute atomic E-state index is 12.0. The maximum atomic E-state index is 12.0. The summed E-state index contributed by atoms with van der Waals surface area (Å²) in [6, 6.07) is 0.348. The average Bonchev–Trinajstić information content (AvgIpc) is 3.08. The van der Waals surface area contributed by atoms with Crippen LogP contribution in [0.1, 0.15) is 65.7 Å². The van der Waals surface area contributed by atoms with E-state index in [0.717, 1.165) is 51.3 Å². The van der Waals surface area contributed by atoms with Gasteiger partial charge in [0.2, 0.25) is 5.91 Å². The van der Waals surface area contributed by atoms with Crippen LogP contribution in [0.25, 0.3) is 0 Å². The van der Waals surface area contributed by atoms with Crippen LogP contribution in [0.5, 0.6) is 0 Å². The van der Waals surface area contributed by atoms with Crippen molar-refractivity contribution in [2.75, 3.05) is 39.8 Å². The second-order valence-corrected chi connectivity index (χ2v) is 8.25. The normalized spacial score (nSPS) is 21.2. The van der Waals surface area contributed by atoms with Gasteiger partial charge in [-0.2, -0.15) is 0 Å². The molecule has 2 N–H and O–H groups in total. The monoisotopic (exact) mass is 365 g/mol. The van der Waals surface area contributed by atoms with Gasteiger partial charge in [-0.3, -0.25) is 14.7 Å². The SMILES string of the molecule is CCC(CCNC(=NC)NCC(C)(C)N1CCCCC1)N1CCCC1=O. The van der Waals surface area contributed by atoms with Crippen molar-refractivity contribution in [2.24, 2.45) is 4.99 Å². The third kappa shape index (κ3) is 5.86. The van der Waals surface area contributed by atoms with Crippen LogP contribution in [0, 0.1) is 0 Å². The molecule has 1 amide bonds. The minimum absolute atomic E-state index is 0.131. The summed E-state index contributed by atoms with van der Waals surface area (Å²) in [5.41, 5.74) is 0.131. The fraction of sp³-hybridized carbons (Fsp3) is 0.900. The molecule has 2 aliphatic rings. The molecule has 0 bridgehead atoms.